The zero-order chi connectivity index (χ0) is 14.7. The summed E-state index contributed by atoms with van der Waals surface area (Å²) in [4.78, 5) is 24.0. The Morgan fingerprint density at radius 2 is 2.15 bits per heavy atom. The predicted octanol–water partition coefficient (Wildman–Crippen LogP) is 2.94. The monoisotopic (exact) mass is 314 g/mol. The maximum absolute atomic E-state index is 11.8. The van der Waals surface area contributed by atoms with Crippen LogP contribution < -0.4 is 10.6 Å². The highest BCUT2D eigenvalue weighted by Crippen LogP contribution is 2.32. The van der Waals surface area contributed by atoms with Gasteiger partial charge in [0.15, 0.2) is 0 Å². The largest absolute Gasteiger partial charge is 0.478 e. The van der Waals surface area contributed by atoms with E-state index in [0.717, 1.165) is 22.8 Å². The number of carboxylic acid groups (broad SMARTS) is 1. The highest BCUT2D eigenvalue weighted by molar-refractivity contribution is 7.99. The van der Waals surface area contributed by atoms with Crippen LogP contribution in [0.3, 0.4) is 0 Å². The standard InChI is InChI=1S/C13H18N2O3S2/c1-7-8(2)20-11(10(7)12(16)17)15-13(18)14-5-9-3-4-19-6-9/h9H,3-6H2,1-2H3,(H,16,17)(H2,14,15,18). The molecule has 0 bridgehead atoms. The van der Waals surface area contributed by atoms with Gasteiger partial charge in [-0.1, -0.05) is 0 Å². The highest BCUT2D eigenvalue weighted by atomic mass is 32.2. The lowest BCUT2D eigenvalue weighted by molar-refractivity contribution is 0.0697. The average Bonchev–Trinajstić information content (AvgIpc) is 2.96. The molecule has 1 atom stereocenters. The number of hydrogen-bond donors (Lipinski definition) is 3. The van der Waals surface area contributed by atoms with Crippen LogP contribution in [0.2, 0.25) is 0 Å². The molecule has 2 amide bonds. The van der Waals surface area contributed by atoms with Gasteiger partial charge in [-0.15, -0.1) is 11.3 Å². The summed E-state index contributed by atoms with van der Waals surface area (Å²) >= 11 is 3.20. The summed E-state index contributed by atoms with van der Waals surface area (Å²) in [7, 11) is 0. The van der Waals surface area contributed by atoms with E-state index in [1.807, 2.05) is 18.7 Å². The summed E-state index contributed by atoms with van der Waals surface area (Å²) in [5.74, 6) is 1.75. The van der Waals surface area contributed by atoms with E-state index >= 15 is 0 Å². The summed E-state index contributed by atoms with van der Waals surface area (Å²) in [5.41, 5.74) is 0.907. The minimum atomic E-state index is -1.01. The fourth-order valence-corrected chi connectivity index (χ4v) is 4.43. The fourth-order valence-electron chi connectivity index (χ4n) is 2.10. The van der Waals surface area contributed by atoms with Gasteiger partial charge in [-0.25, -0.2) is 9.59 Å². The molecule has 2 rings (SSSR count). The molecule has 1 aliphatic rings. The maximum Gasteiger partial charge on any atom is 0.338 e. The van der Waals surface area contributed by atoms with E-state index in [1.165, 1.54) is 11.3 Å². The second kappa shape index (κ2) is 6.49. The van der Waals surface area contributed by atoms with Crippen molar-refractivity contribution in [3.8, 4) is 0 Å². The van der Waals surface area contributed by atoms with Crippen LogP contribution in [0.1, 0.15) is 27.2 Å². The molecule has 3 N–H and O–H groups in total. The molecule has 0 spiro atoms. The molecular weight excluding hydrogens is 296 g/mol. The summed E-state index contributed by atoms with van der Waals surface area (Å²) < 4.78 is 0. The second-order valence-corrected chi connectivity index (χ2v) is 7.23. The summed E-state index contributed by atoms with van der Waals surface area (Å²) in [6, 6.07) is -0.328. The van der Waals surface area contributed by atoms with E-state index in [9.17, 15) is 14.7 Å². The Balaban J connectivity index is 1.96. The number of thiophene rings is 1. The Labute approximate surface area is 126 Å². The lowest BCUT2D eigenvalue weighted by Gasteiger charge is -2.10. The number of carbonyl (C=O) groups is 2. The first-order valence-corrected chi connectivity index (χ1v) is 8.42. The number of urea groups is 1. The minimum absolute atomic E-state index is 0.194. The number of amides is 2. The average molecular weight is 314 g/mol. The lowest BCUT2D eigenvalue weighted by atomic mass is 10.1. The molecule has 20 heavy (non-hydrogen) atoms. The maximum atomic E-state index is 11.8. The zero-order valence-corrected chi connectivity index (χ0v) is 13.1. The van der Waals surface area contributed by atoms with Crippen LogP contribution in [0.15, 0.2) is 0 Å². The Morgan fingerprint density at radius 3 is 2.75 bits per heavy atom. The molecule has 0 radical (unpaired) electrons. The number of thioether (sulfide) groups is 1. The highest BCUT2D eigenvalue weighted by Gasteiger charge is 2.21. The van der Waals surface area contributed by atoms with Crippen LogP contribution in [0.4, 0.5) is 9.80 Å². The predicted molar refractivity (Wildman–Crippen MR) is 83.2 cm³/mol. The third-order valence-corrected chi connectivity index (χ3v) is 5.76. The van der Waals surface area contributed by atoms with E-state index in [1.54, 1.807) is 6.92 Å². The fraction of sp³-hybridized carbons (Fsp3) is 0.538. The van der Waals surface area contributed by atoms with Crippen LogP contribution in [0, 0.1) is 19.8 Å². The molecule has 110 valence electrons. The van der Waals surface area contributed by atoms with E-state index < -0.39 is 5.97 Å². The van der Waals surface area contributed by atoms with Gasteiger partial charge in [0.1, 0.15) is 5.00 Å². The molecule has 1 saturated heterocycles. The van der Waals surface area contributed by atoms with E-state index in [4.69, 9.17) is 0 Å². The number of anilines is 1. The number of rotatable bonds is 4. The number of aromatic carboxylic acids is 1. The quantitative estimate of drug-likeness (QED) is 0.798. The third-order valence-electron chi connectivity index (χ3n) is 3.40. The number of carbonyl (C=O) groups excluding carboxylic acids is 1. The van der Waals surface area contributed by atoms with Crippen molar-refractivity contribution in [2.75, 3.05) is 23.4 Å². The van der Waals surface area contributed by atoms with Crippen LogP contribution in [-0.2, 0) is 0 Å². The van der Waals surface area contributed by atoms with Crippen molar-refractivity contribution in [2.45, 2.75) is 20.3 Å². The summed E-state index contributed by atoms with van der Waals surface area (Å²) in [6.45, 7) is 4.25. The molecule has 0 saturated carbocycles. The molecule has 5 nitrogen and oxygen atoms in total. The molecule has 1 aromatic rings. The van der Waals surface area contributed by atoms with Crippen molar-refractivity contribution in [3.63, 3.8) is 0 Å². The van der Waals surface area contributed by atoms with Gasteiger partial charge in [0.2, 0.25) is 0 Å². The van der Waals surface area contributed by atoms with Crippen LogP contribution >= 0.6 is 23.1 Å². The van der Waals surface area contributed by atoms with Crippen molar-refractivity contribution in [1.82, 2.24) is 5.32 Å². The first kappa shape index (κ1) is 15.2. The molecule has 0 aliphatic carbocycles. The third kappa shape index (κ3) is 3.46. The van der Waals surface area contributed by atoms with Crippen molar-refractivity contribution >= 4 is 40.1 Å². The van der Waals surface area contributed by atoms with Gasteiger partial charge in [-0.3, -0.25) is 5.32 Å². The number of carboxylic acids is 1. The second-order valence-electron chi connectivity index (χ2n) is 4.86. The zero-order valence-electron chi connectivity index (χ0n) is 11.5. The molecule has 2 heterocycles. The van der Waals surface area contributed by atoms with Gasteiger partial charge in [-0.05, 0) is 43.3 Å². The van der Waals surface area contributed by atoms with Gasteiger partial charge in [-0.2, -0.15) is 11.8 Å². The molecular formula is C13H18N2O3S2. The SMILES string of the molecule is Cc1sc(NC(=O)NCC2CCSC2)c(C(=O)O)c1C. The molecule has 1 aliphatic heterocycles. The van der Waals surface area contributed by atoms with Crippen molar-refractivity contribution in [1.29, 1.82) is 0 Å². The van der Waals surface area contributed by atoms with Gasteiger partial charge in [0.05, 0.1) is 5.56 Å². The Morgan fingerprint density at radius 1 is 1.40 bits per heavy atom. The van der Waals surface area contributed by atoms with Gasteiger partial charge >= 0.3 is 12.0 Å². The molecule has 7 heteroatoms. The molecule has 1 unspecified atom stereocenters. The van der Waals surface area contributed by atoms with Gasteiger partial charge < -0.3 is 10.4 Å². The summed E-state index contributed by atoms with van der Waals surface area (Å²) in [5, 5.41) is 15.1. The van der Waals surface area contributed by atoms with Gasteiger partial charge in [0.25, 0.3) is 0 Å². The first-order valence-electron chi connectivity index (χ1n) is 6.45. The van der Waals surface area contributed by atoms with Gasteiger partial charge in [0, 0.05) is 11.4 Å². The Bertz CT molecular complexity index is 522. The van der Waals surface area contributed by atoms with Crippen molar-refractivity contribution in [2.24, 2.45) is 5.92 Å². The topological polar surface area (TPSA) is 78.4 Å². The van der Waals surface area contributed by atoms with Crippen molar-refractivity contribution < 1.29 is 14.7 Å². The summed E-state index contributed by atoms with van der Waals surface area (Å²) in [6.07, 6.45) is 1.13. The van der Waals surface area contributed by atoms with Crippen LogP contribution in [0.25, 0.3) is 0 Å². The smallest absolute Gasteiger partial charge is 0.338 e. The Kier molecular flexibility index (Phi) is 4.93. The number of aryl methyl sites for hydroxylation is 1. The van der Waals surface area contributed by atoms with E-state index in [-0.39, 0.29) is 11.6 Å². The number of nitrogens with one attached hydrogen (secondary N) is 2. The van der Waals surface area contributed by atoms with Crippen LogP contribution in [0.5, 0.6) is 0 Å². The van der Waals surface area contributed by atoms with E-state index in [0.29, 0.717) is 23.0 Å². The van der Waals surface area contributed by atoms with Crippen LogP contribution in [-0.4, -0.2) is 35.2 Å². The lowest BCUT2D eigenvalue weighted by Crippen LogP contribution is -2.33. The normalized spacial score (nSPS) is 18.0. The Hall–Kier alpha value is -1.21. The van der Waals surface area contributed by atoms with Crippen molar-refractivity contribution in [3.05, 3.63) is 16.0 Å². The number of hydrogen-bond acceptors (Lipinski definition) is 4. The molecule has 1 aromatic heterocycles. The minimum Gasteiger partial charge on any atom is -0.478 e. The molecule has 1 fully saturated rings. The molecule has 0 aromatic carbocycles. The first-order chi connectivity index (χ1) is 9.49. The van der Waals surface area contributed by atoms with E-state index in [2.05, 4.69) is 10.6 Å².